The first-order chi connectivity index (χ1) is 7.94. The van der Waals surface area contributed by atoms with Crippen LogP contribution >= 0.6 is 0 Å². The number of amides is 1. The number of likely N-dealkylation sites (N-methyl/N-ethyl adjacent to an activating group) is 1. The number of aliphatic imine (C=N–C) groups is 1. The maximum absolute atomic E-state index is 13.7. The number of rotatable bonds is 1. The molecule has 0 radical (unpaired) electrons. The molecule has 1 aliphatic heterocycles. The molecule has 0 aromatic heterocycles. The van der Waals surface area contributed by atoms with Gasteiger partial charge in [-0.15, -0.1) is 0 Å². The first-order valence-electron chi connectivity index (χ1n) is 5.29. The minimum Gasteiger partial charge on any atom is -0.358 e. The molecule has 1 atom stereocenters. The Hall–Kier alpha value is -1.91. The number of halogens is 1. The zero-order valence-electron chi connectivity index (χ0n) is 9.99. The lowest BCUT2D eigenvalue weighted by Gasteiger charge is -2.21. The van der Waals surface area contributed by atoms with E-state index in [4.69, 9.17) is 0 Å². The zero-order valence-corrected chi connectivity index (χ0v) is 9.99. The highest BCUT2D eigenvalue weighted by atomic mass is 19.1. The van der Waals surface area contributed by atoms with E-state index in [2.05, 4.69) is 10.3 Å². The maximum Gasteiger partial charge on any atom is 0.288 e. The molecule has 1 aliphatic rings. The van der Waals surface area contributed by atoms with Crippen LogP contribution in [0.1, 0.15) is 12.5 Å². The van der Waals surface area contributed by atoms with Gasteiger partial charge in [-0.2, -0.15) is 0 Å². The smallest absolute Gasteiger partial charge is 0.288 e. The van der Waals surface area contributed by atoms with Crippen LogP contribution in [0, 0.1) is 5.82 Å². The third kappa shape index (κ3) is 1.88. The summed E-state index contributed by atoms with van der Waals surface area (Å²) in [4.78, 5) is 17.6. The number of amidine groups is 1. The fraction of sp³-hybridized carbons (Fsp3) is 0.333. The number of hydrogen-bond acceptors (Lipinski definition) is 3. The van der Waals surface area contributed by atoms with E-state index in [1.807, 2.05) is 0 Å². The van der Waals surface area contributed by atoms with Gasteiger partial charge in [-0.3, -0.25) is 4.79 Å². The van der Waals surface area contributed by atoms with E-state index in [-0.39, 0.29) is 11.7 Å². The van der Waals surface area contributed by atoms with Gasteiger partial charge in [0.15, 0.2) is 11.5 Å². The topological polar surface area (TPSA) is 44.7 Å². The van der Waals surface area contributed by atoms with Crippen LogP contribution in [0.4, 0.5) is 4.39 Å². The molecule has 90 valence electrons. The highest BCUT2D eigenvalue weighted by Crippen LogP contribution is 2.28. The SMILES string of the molecule is CN(C)C1=NC(C)(c2ccccc2F)NC1=O. The summed E-state index contributed by atoms with van der Waals surface area (Å²) in [6.45, 7) is 1.68. The van der Waals surface area contributed by atoms with Crippen molar-refractivity contribution in [1.82, 2.24) is 10.2 Å². The van der Waals surface area contributed by atoms with E-state index in [0.717, 1.165) is 0 Å². The van der Waals surface area contributed by atoms with Gasteiger partial charge in [-0.25, -0.2) is 9.38 Å². The second kappa shape index (κ2) is 3.84. The highest BCUT2D eigenvalue weighted by molar-refractivity contribution is 6.39. The zero-order chi connectivity index (χ0) is 12.6. The fourth-order valence-corrected chi connectivity index (χ4v) is 1.85. The van der Waals surface area contributed by atoms with Crippen molar-refractivity contribution in [2.45, 2.75) is 12.6 Å². The summed E-state index contributed by atoms with van der Waals surface area (Å²) in [5.74, 6) is -0.365. The molecule has 0 aliphatic carbocycles. The number of hydrogen-bond donors (Lipinski definition) is 1. The average Bonchev–Trinajstić information content (AvgIpc) is 2.56. The summed E-state index contributed by atoms with van der Waals surface area (Å²) in [5, 5.41) is 2.69. The predicted molar refractivity (Wildman–Crippen MR) is 63.0 cm³/mol. The van der Waals surface area contributed by atoms with Crippen molar-refractivity contribution >= 4 is 11.7 Å². The molecule has 1 amide bonds. The molecule has 0 fully saturated rings. The Kier molecular flexibility index (Phi) is 2.61. The third-order valence-electron chi connectivity index (χ3n) is 2.71. The fourth-order valence-electron chi connectivity index (χ4n) is 1.85. The van der Waals surface area contributed by atoms with Crippen LogP contribution < -0.4 is 5.32 Å². The molecule has 1 unspecified atom stereocenters. The summed E-state index contributed by atoms with van der Waals surface area (Å²) >= 11 is 0. The van der Waals surface area contributed by atoms with Crippen LogP contribution in [0.3, 0.4) is 0 Å². The molecule has 0 saturated heterocycles. The van der Waals surface area contributed by atoms with Crippen molar-refractivity contribution in [2.75, 3.05) is 14.1 Å². The van der Waals surface area contributed by atoms with E-state index < -0.39 is 5.66 Å². The lowest BCUT2D eigenvalue weighted by molar-refractivity contribution is -0.115. The largest absolute Gasteiger partial charge is 0.358 e. The normalized spacial score (nSPS) is 23.3. The molecule has 5 heteroatoms. The summed E-state index contributed by atoms with van der Waals surface area (Å²) in [6.07, 6.45) is 0. The summed E-state index contributed by atoms with van der Waals surface area (Å²) in [5.41, 5.74) is -0.660. The Morgan fingerprint density at radius 3 is 2.53 bits per heavy atom. The van der Waals surface area contributed by atoms with Crippen molar-refractivity contribution in [2.24, 2.45) is 4.99 Å². The summed E-state index contributed by atoms with van der Waals surface area (Å²) < 4.78 is 13.7. The summed E-state index contributed by atoms with van der Waals surface area (Å²) in [6, 6.07) is 6.31. The van der Waals surface area contributed by atoms with E-state index in [9.17, 15) is 9.18 Å². The van der Waals surface area contributed by atoms with Crippen LogP contribution in [-0.4, -0.2) is 30.7 Å². The molecule has 0 bridgehead atoms. The molecule has 2 rings (SSSR count). The van der Waals surface area contributed by atoms with Crippen LogP contribution in [0.25, 0.3) is 0 Å². The molecule has 0 spiro atoms. The van der Waals surface area contributed by atoms with Crippen LogP contribution in [0.5, 0.6) is 0 Å². The Balaban J connectivity index is 2.47. The van der Waals surface area contributed by atoms with E-state index >= 15 is 0 Å². The van der Waals surface area contributed by atoms with Gasteiger partial charge >= 0.3 is 0 Å². The third-order valence-corrected chi connectivity index (χ3v) is 2.71. The molecule has 1 heterocycles. The Bertz CT molecular complexity index is 498. The van der Waals surface area contributed by atoms with Crippen molar-refractivity contribution in [3.63, 3.8) is 0 Å². The molecule has 0 saturated carbocycles. The molecule has 17 heavy (non-hydrogen) atoms. The van der Waals surface area contributed by atoms with Gasteiger partial charge in [0.1, 0.15) is 5.82 Å². The maximum atomic E-state index is 13.7. The average molecular weight is 235 g/mol. The Labute approximate surface area is 99.1 Å². The van der Waals surface area contributed by atoms with Gasteiger partial charge in [0.25, 0.3) is 5.91 Å². The van der Waals surface area contributed by atoms with Gasteiger partial charge in [-0.1, -0.05) is 18.2 Å². The van der Waals surface area contributed by atoms with E-state index in [1.165, 1.54) is 6.07 Å². The van der Waals surface area contributed by atoms with Gasteiger partial charge < -0.3 is 10.2 Å². The highest BCUT2D eigenvalue weighted by Gasteiger charge is 2.39. The van der Waals surface area contributed by atoms with Gasteiger partial charge in [-0.05, 0) is 13.0 Å². The van der Waals surface area contributed by atoms with Gasteiger partial charge in [0, 0.05) is 19.7 Å². The second-order valence-electron chi connectivity index (χ2n) is 4.34. The van der Waals surface area contributed by atoms with E-state index in [1.54, 1.807) is 44.1 Å². The Morgan fingerprint density at radius 2 is 2.00 bits per heavy atom. The molecule has 1 aromatic rings. The first-order valence-corrected chi connectivity index (χ1v) is 5.29. The minimum absolute atomic E-state index is 0.291. The van der Waals surface area contributed by atoms with Crippen LogP contribution in [-0.2, 0) is 10.5 Å². The summed E-state index contributed by atoms with van der Waals surface area (Å²) in [7, 11) is 3.46. The molecular formula is C12H14FN3O. The number of benzene rings is 1. The minimum atomic E-state index is -1.03. The number of nitrogens with one attached hydrogen (secondary N) is 1. The molecule has 1 N–H and O–H groups in total. The monoisotopic (exact) mass is 235 g/mol. The number of carbonyl (C=O) groups is 1. The van der Waals surface area contributed by atoms with Crippen molar-refractivity contribution in [1.29, 1.82) is 0 Å². The molecule has 1 aromatic carbocycles. The number of nitrogens with zero attached hydrogens (tertiary/aromatic N) is 2. The van der Waals surface area contributed by atoms with Gasteiger partial charge in [0.05, 0.1) is 0 Å². The molecular weight excluding hydrogens is 221 g/mol. The predicted octanol–water partition coefficient (Wildman–Crippen LogP) is 1.09. The van der Waals surface area contributed by atoms with E-state index in [0.29, 0.717) is 11.4 Å². The lowest BCUT2D eigenvalue weighted by Crippen LogP contribution is -2.39. The lowest BCUT2D eigenvalue weighted by atomic mass is 10.0. The van der Waals surface area contributed by atoms with Crippen molar-refractivity contribution < 1.29 is 9.18 Å². The molecule has 4 nitrogen and oxygen atoms in total. The van der Waals surface area contributed by atoms with Crippen LogP contribution in [0.15, 0.2) is 29.3 Å². The van der Waals surface area contributed by atoms with Crippen LogP contribution in [0.2, 0.25) is 0 Å². The Morgan fingerprint density at radius 1 is 1.35 bits per heavy atom. The van der Waals surface area contributed by atoms with Crippen molar-refractivity contribution in [3.05, 3.63) is 35.6 Å². The number of carbonyl (C=O) groups excluding carboxylic acids is 1. The van der Waals surface area contributed by atoms with Gasteiger partial charge in [0.2, 0.25) is 0 Å². The second-order valence-corrected chi connectivity index (χ2v) is 4.34. The standard InChI is InChI=1S/C12H14FN3O/c1-12(8-6-4-5-7-9(8)13)14-10(16(2)3)11(17)15-12/h4-7H,1-3H3,(H,15,17). The van der Waals surface area contributed by atoms with Crippen molar-refractivity contribution in [3.8, 4) is 0 Å². The quantitative estimate of drug-likeness (QED) is 0.792. The first kappa shape index (κ1) is 11.6.